The lowest BCUT2D eigenvalue weighted by Crippen LogP contribution is -2.26. The van der Waals surface area contributed by atoms with E-state index in [1.54, 1.807) is 0 Å². The lowest BCUT2D eigenvalue weighted by Gasteiger charge is -2.28. The van der Waals surface area contributed by atoms with E-state index in [-0.39, 0.29) is 39.1 Å². The van der Waals surface area contributed by atoms with Crippen molar-refractivity contribution in [2.24, 2.45) is 10.4 Å². The van der Waals surface area contributed by atoms with Crippen molar-refractivity contribution in [1.29, 1.82) is 0 Å². The summed E-state index contributed by atoms with van der Waals surface area (Å²) in [6.07, 6.45) is 3.24. The Hall–Kier alpha value is -3.27. The number of carbonyl (C=O) groups is 1. The van der Waals surface area contributed by atoms with Crippen LogP contribution < -0.4 is 9.46 Å². The van der Waals surface area contributed by atoms with Gasteiger partial charge in [0.25, 0.3) is 10.0 Å². The van der Waals surface area contributed by atoms with Gasteiger partial charge >= 0.3 is 0 Å². The average molecular weight is 430 g/mol. The molecule has 9 nitrogen and oxygen atoms in total. The molecule has 1 aliphatic carbocycles. The summed E-state index contributed by atoms with van der Waals surface area (Å²) in [5.74, 6) is 0.149. The first-order chi connectivity index (χ1) is 14.1. The fraction of sp³-hybridized carbons (Fsp3) is 0.300. The summed E-state index contributed by atoms with van der Waals surface area (Å²) >= 11 is 0. The van der Waals surface area contributed by atoms with Crippen molar-refractivity contribution in [3.05, 3.63) is 48.0 Å². The molecule has 2 aromatic rings. The highest BCUT2D eigenvalue weighted by Gasteiger charge is 2.32. The number of ketones is 1. The van der Waals surface area contributed by atoms with Crippen molar-refractivity contribution < 1.29 is 23.1 Å². The van der Waals surface area contributed by atoms with Crippen molar-refractivity contribution in [3.8, 4) is 5.88 Å². The number of hydrogen-bond acceptors (Lipinski definition) is 8. The van der Waals surface area contributed by atoms with Gasteiger partial charge in [0.05, 0.1) is 23.3 Å². The van der Waals surface area contributed by atoms with Crippen molar-refractivity contribution in [2.75, 3.05) is 11.8 Å². The Balaban J connectivity index is 1.76. The van der Waals surface area contributed by atoms with Crippen molar-refractivity contribution in [2.45, 2.75) is 31.6 Å². The van der Waals surface area contributed by atoms with E-state index < -0.39 is 10.0 Å². The zero-order valence-corrected chi connectivity index (χ0v) is 17.6. The van der Waals surface area contributed by atoms with Crippen LogP contribution >= 0.6 is 0 Å². The molecule has 1 aromatic heterocycles. The zero-order chi connectivity index (χ0) is 21.9. The molecular weight excluding hydrogens is 408 g/mol. The smallest absolute Gasteiger partial charge is 0.263 e. The quantitative estimate of drug-likeness (QED) is 0.673. The summed E-state index contributed by atoms with van der Waals surface area (Å²) in [4.78, 5) is 24.1. The summed E-state index contributed by atoms with van der Waals surface area (Å²) < 4.78 is 32.4. The fourth-order valence-electron chi connectivity index (χ4n) is 3.00. The number of ether oxygens (including phenoxy) is 1. The lowest BCUT2D eigenvalue weighted by atomic mass is 9.77. The number of aliphatic hydroxyl groups excluding tert-OH is 1. The highest BCUT2D eigenvalue weighted by atomic mass is 32.2. The fourth-order valence-corrected chi connectivity index (χ4v) is 4.00. The van der Waals surface area contributed by atoms with E-state index in [0.717, 1.165) is 0 Å². The number of benzene rings is 1. The third-order valence-electron chi connectivity index (χ3n) is 4.48. The average Bonchev–Trinajstić information content (AvgIpc) is 2.66. The van der Waals surface area contributed by atoms with Crippen molar-refractivity contribution in [1.82, 2.24) is 9.97 Å². The summed E-state index contributed by atoms with van der Waals surface area (Å²) in [6.45, 7) is 3.83. The maximum Gasteiger partial charge on any atom is 0.263 e. The van der Waals surface area contributed by atoms with Gasteiger partial charge in [-0.05, 0) is 29.7 Å². The molecule has 0 saturated carbocycles. The molecule has 0 spiro atoms. The largest absolute Gasteiger partial charge is 0.511 e. The van der Waals surface area contributed by atoms with Gasteiger partial charge in [0.1, 0.15) is 17.9 Å². The Kier molecular flexibility index (Phi) is 5.88. The first-order valence-electron chi connectivity index (χ1n) is 9.08. The SMILES string of the molecule is COc1cc(NS(=O)(=O)c2ccc(N=CC3=C(O)CC(C)(C)CC3=O)cc2)ncn1. The molecule has 10 heteroatoms. The van der Waals surface area contributed by atoms with Crippen molar-refractivity contribution in [3.63, 3.8) is 0 Å². The predicted octanol–water partition coefficient (Wildman–Crippen LogP) is 3.19. The Labute approximate surface area is 174 Å². The zero-order valence-electron chi connectivity index (χ0n) is 16.8. The first kappa shape index (κ1) is 21.4. The maximum absolute atomic E-state index is 12.5. The van der Waals surface area contributed by atoms with Crippen LogP contribution in [-0.2, 0) is 14.8 Å². The van der Waals surface area contributed by atoms with Gasteiger partial charge in [-0.3, -0.25) is 14.5 Å². The maximum atomic E-state index is 12.5. The van der Waals surface area contributed by atoms with Crippen LogP contribution in [0, 0.1) is 5.41 Å². The Morgan fingerprint density at radius 2 is 1.90 bits per heavy atom. The molecule has 1 aliphatic rings. The van der Waals surface area contributed by atoms with Crippen LogP contribution in [-0.4, -0.2) is 42.6 Å². The molecule has 2 N–H and O–H groups in total. The molecule has 0 unspecified atom stereocenters. The number of hydrogen-bond donors (Lipinski definition) is 2. The number of Topliss-reactive ketones (excluding diaryl/α,β-unsaturated/α-hetero) is 1. The number of methoxy groups -OCH3 is 1. The van der Waals surface area contributed by atoms with Gasteiger partial charge in [0.15, 0.2) is 5.78 Å². The van der Waals surface area contributed by atoms with Gasteiger partial charge < -0.3 is 9.84 Å². The third kappa shape index (κ3) is 5.01. The Morgan fingerprint density at radius 3 is 2.53 bits per heavy atom. The minimum absolute atomic E-state index is 0.0107. The van der Waals surface area contributed by atoms with Gasteiger partial charge in [-0.15, -0.1) is 0 Å². The summed E-state index contributed by atoms with van der Waals surface area (Å²) in [5.41, 5.74) is 0.343. The second-order valence-corrected chi connectivity index (χ2v) is 9.29. The second-order valence-electron chi connectivity index (χ2n) is 7.60. The van der Waals surface area contributed by atoms with E-state index in [1.165, 1.54) is 50.0 Å². The number of anilines is 1. The van der Waals surface area contributed by atoms with Gasteiger partial charge in [0.2, 0.25) is 5.88 Å². The standard InChI is InChI=1S/C20H22N4O5S/c1-20(2)9-16(25)15(17(26)10-20)11-21-13-4-6-14(7-5-13)30(27,28)24-18-8-19(29-3)23-12-22-18/h4-8,11-12,25H,9-10H2,1-3H3,(H,22,23,24). The van der Waals surface area contributed by atoms with Crippen LogP contribution in [0.2, 0.25) is 0 Å². The van der Waals surface area contributed by atoms with Crippen LogP contribution in [0.4, 0.5) is 11.5 Å². The molecule has 0 aliphatic heterocycles. The number of aliphatic hydroxyl groups is 1. The second kappa shape index (κ2) is 8.23. The lowest BCUT2D eigenvalue weighted by molar-refractivity contribution is -0.117. The van der Waals surface area contributed by atoms with Crippen LogP contribution in [0.15, 0.2) is 57.9 Å². The van der Waals surface area contributed by atoms with Gasteiger partial charge in [-0.2, -0.15) is 0 Å². The number of sulfonamides is 1. The molecule has 0 atom stereocenters. The first-order valence-corrected chi connectivity index (χ1v) is 10.6. The molecule has 158 valence electrons. The number of rotatable bonds is 6. The molecule has 0 fully saturated rings. The molecule has 1 heterocycles. The van der Waals surface area contributed by atoms with E-state index in [4.69, 9.17) is 4.74 Å². The number of allylic oxidation sites excluding steroid dienone is 2. The minimum atomic E-state index is -3.87. The normalized spacial score (nSPS) is 16.7. The van der Waals surface area contributed by atoms with Gasteiger partial charge in [-0.1, -0.05) is 13.8 Å². The number of aliphatic imine (C=N–C) groups is 1. The van der Waals surface area contributed by atoms with E-state index in [1.807, 2.05) is 13.8 Å². The highest BCUT2D eigenvalue weighted by molar-refractivity contribution is 7.92. The number of nitrogens with zero attached hydrogens (tertiary/aromatic N) is 3. The van der Waals surface area contributed by atoms with Crippen LogP contribution in [0.5, 0.6) is 5.88 Å². The molecule has 0 bridgehead atoms. The topological polar surface area (TPSA) is 131 Å². The molecule has 3 rings (SSSR count). The van der Waals surface area contributed by atoms with Crippen molar-refractivity contribution >= 4 is 33.5 Å². The molecule has 1 aromatic carbocycles. The Bertz CT molecular complexity index is 1120. The van der Waals surface area contributed by atoms with E-state index >= 15 is 0 Å². The van der Waals surface area contributed by atoms with E-state index in [9.17, 15) is 18.3 Å². The third-order valence-corrected chi connectivity index (χ3v) is 5.85. The molecular formula is C20H22N4O5S. The molecule has 0 amide bonds. The number of nitrogens with one attached hydrogen (secondary N) is 1. The predicted molar refractivity (Wildman–Crippen MR) is 112 cm³/mol. The Morgan fingerprint density at radius 1 is 1.20 bits per heavy atom. The molecule has 0 saturated heterocycles. The monoisotopic (exact) mass is 430 g/mol. The minimum Gasteiger partial charge on any atom is -0.511 e. The molecule has 0 radical (unpaired) electrons. The van der Waals surface area contributed by atoms with E-state index in [0.29, 0.717) is 18.5 Å². The molecule has 30 heavy (non-hydrogen) atoms. The number of aromatic nitrogens is 2. The summed E-state index contributed by atoms with van der Waals surface area (Å²) in [7, 11) is -2.46. The van der Waals surface area contributed by atoms with Gasteiger partial charge in [-0.25, -0.2) is 18.4 Å². The van der Waals surface area contributed by atoms with Crippen LogP contribution in [0.3, 0.4) is 0 Å². The number of carbonyl (C=O) groups excluding carboxylic acids is 1. The van der Waals surface area contributed by atoms with E-state index in [2.05, 4.69) is 19.7 Å². The summed E-state index contributed by atoms with van der Waals surface area (Å²) in [6, 6.07) is 7.13. The summed E-state index contributed by atoms with van der Waals surface area (Å²) in [5, 5.41) is 10.1. The van der Waals surface area contributed by atoms with Crippen LogP contribution in [0.1, 0.15) is 26.7 Å². The highest BCUT2D eigenvalue weighted by Crippen LogP contribution is 2.35. The van der Waals surface area contributed by atoms with Gasteiger partial charge in [0, 0.05) is 25.1 Å². The van der Waals surface area contributed by atoms with Crippen LogP contribution in [0.25, 0.3) is 0 Å².